The minimum atomic E-state index is -3.49. The number of rotatable bonds is 7. The van der Waals surface area contributed by atoms with E-state index in [1.165, 1.54) is 0 Å². The maximum Gasteiger partial charge on any atom is 0.332 e. The first-order valence-electron chi connectivity index (χ1n) is 7.47. The Balaban J connectivity index is 1.39. The third kappa shape index (κ3) is 3.52. The molecule has 24 heavy (non-hydrogen) atoms. The number of thioether (sulfide) groups is 2. The lowest BCUT2D eigenvalue weighted by Crippen LogP contribution is -2.41. The van der Waals surface area contributed by atoms with Gasteiger partial charge in [0.25, 0.3) is 10.1 Å². The van der Waals surface area contributed by atoms with Gasteiger partial charge < -0.3 is 9.47 Å². The molecule has 3 saturated heterocycles. The topological polar surface area (TPSA) is 96.0 Å². The second-order valence-corrected chi connectivity index (χ2v) is 10.2. The number of fused-ring (bicyclic) bond motifs is 1. The van der Waals surface area contributed by atoms with Crippen molar-refractivity contribution in [2.24, 2.45) is 0 Å². The molecule has 2 bridgehead atoms. The number of ether oxygens (including phenoxy) is 2. The molecule has 3 heterocycles. The molecule has 0 N–H and O–H groups in total. The molecule has 3 fully saturated rings. The van der Waals surface area contributed by atoms with E-state index in [9.17, 15) is 18.0 Å². The molecule has 0 radical (unpaired) electrons. The normalized spacial score (nSPS) is 35.1. The molecule has 0 spiro atoms. The summed E-state index contributed by atoms with van der Waals surface area (Å²) in [5.74, 6) is -0.184. The van der Waals surface area contributed by atoms with E-state index in [1.54, 1.807) is 18.7 Å². The van der Waals surface area contributed by atoms with Crippen LogP contribution < -0.4 is 0 Å². The fraction of sp³-hybridized carbons (Fsp3) is 0.714. The largest absolute Gasteiger partial charge is 0.463 e. The van der Waals surface area contributed by atoms with E-state index < -0.39 is 33.5 Å². The van der Waals surface area contributed by atoms with Crippen LogP contribution in [-0.2, 0) is 33.4 Å². The van der Waals surface area contributed by atoms with Crippen LogP contribution >= 0.6 is 23.5 Å². The maximum atomic E-state index is 11.8. The van der Waals surface area contributed by atoms with Gasteiger partial charge in [0.05, 0.1) is 11.4 Å². The van der Waals surface area contributed by atoms with Gasteiger partial charge in [0.1, 0.15) is 24.6 Å². The van der Waals surface area contributed by atoms with E-state index in [1.807, 2.05) is 0 Å². The van der Waals surface area contributed by atoms with E-state index in [0.29, 0.717) is 17.7 Å². The Morgan fingerprint density at radius 1 is 1.42 bits per heavy atom. The van der Waals surface area contributed by atoms with E-state index >= 15 is 0 Å². The molecular weight excluding hydrogens is 376 g/mol. The molecule has 0 aromatic rings. The Bertz CT molecular complexity index is 659. The monoisotopic (exact) mass is 394 g/mol. The maximum absolute atomic E-state index is 11.8. The Morgan fingerprint density at radius 3 is 2.88 bits per heavy atom. The minimum Gasteiger partial charge on any atom is -0.463 e. The summed E-state index contributed by atoms with van der Waals surface area (Å²) in [5, 5.41) is -0.618. The first kappa shape index (κ1) is 18.2. The fourth-order valence-corrected chi connectivity index (χ4v) is 7.81. The average molecular weight is 394 g/mol. The van der Waals surface area contributed by atoms with E-state index in [2.05, 4.69) is 6.58 Å². The van der Waals surface area contributed by atoms with Crippen molar-refractivity contribution < 1.29 is 31.7 Å². The summed E-state index contributed by atoms with van der Waals surface area (Å²) in [6, 6.07) is 0. The summed E-state index contributed by atoms with van der Waals surface area (Å²) < 4.78 is 39.4. The molecule has 0 aliphatic carbocycles. The minimum absolute atomic E-state index is 0.0406. The van der Waals surface area contributed by atoms with Crippen molar-refractivity contribution in [3.8, 4) is 0 Å². The predicted molar refractivity (Wildman–Crippen MR) is 90.3 cm³/mol. The van der Waals surface area contributed by atoms with Gasteiger partial charge in [0.2, 0.25) is 5.12 Å². The van der Waals surface area contributed by atoms with Crippen LogP contribution in [0.15, 0.2) is 12.2 Å². The lowest BCUT2D eigenvalue weighted by molar-refractivity contribution is -0.152. The molecule has 0 aromatic heterocycles. The van der Waals surface area contributed by atoms with Crippen molar-refractivity contribution in [1.82, 2.24) is 0 Å². The van der Waals surface area contributed by atoms with Crippen LogP contribution in [-0.4, -0.2) is 66.4 Å². The van der Waals surface area contributed by atoms with E-state index in [0.717, 1.165) is 11.8 Å². The quantitative estimate of drug-likeness (QED) is 0.268. The first-order valence-corrected chi connectivity index (χ1v) is 10.9. The van der Waals surface area contributed by atoms with Crippen molar-refractivity contribution in [3.05, 3.63) is 12.2 Å². The molecule has 3 aliphatic heterocycles. The molecule has 134 valence electrons. The zero-order valence-electron chi connectivity index (χ0n) is 13.0. The SMILES string of the molecule is C=C(C)C(=O)SCCOC(=O)COC1C2CC3C(S2)C1OS3(=O)=O. The summed E-state index contributed by atoms with van der Waals surface area (Å²) in [7, 11) is -3.49. The number of hydrogen-bond acceptors (Lipinski definition) is 9. The lowest BCUT2D eigenvalue weighted by Gasteiger charge is -2.23. The van der Waals surface area contributed by atoms with Crippen LogP contribution in [0.2, 0.25) is 0 Å². The standard InChI is InChI=1S/C14H18O7S3/c1-7(2)14(16)22-4-3-19-10(15)6-20-11-8-5-9-13(23-8)12(11)21-24(9,17)18/h8-9,11-13H,1,3-6H2,2H3. The number of hydrogen-bond donors (Lipinski definition) is 0. The summed E-state index contributed by atoms with van der Waals surface area (Å²) in [4.78, 5) is 23.0. The van der Waals surface area contributed by atoms with Crippen LogP contribution in [0.1, 0.15) is 13.3 Å². The second kappa shape index (κ2) is 6.99. The lowest BCUT2D eigenvalue weighted by atomic mass is 9.94. The molecule has 0 saturated carbocycles. The third-order valence-electron chi connectivity index (χ3n) is 4.11. The predicted octanol–water partition coefficient (Wildman–Crippen LogP) is 0.736. The summed E-state index contributed by atoms with van der Waals surface area (Å²) in [5.41, 5.74) is 0.452. The van der Waals surface area contributed by atoms with Gasteiger partial charge in [-0.3, -0.25) is 8.98 Å². The summed E-state index contributed by atoms with van der Waals surface area (Å²) in [6.45, 7) is 5.01. The van der Waals surface area contributed by atoms with Crippen molar-refractivity contribution in [3.63, 3.8) is 0 Å². The van der Waals surface area contributed by atoms with Crippen LogP contribution in [0, 0.1) is 0 Å². The van der Waals surface area contributed by atoms with Gasteiger partial charge in [0.15, 0.2) is 0 Å². The molecule has 7 nitrogen and oxygen atoms in total. The van der Waals surface area contributed by atoms with Crippen molar-refractivity contribution in [2.75, 3.05) is 19.0 Å². The van der Waals surface area contributed by atoms with Gasteiger partial charge in [-0.1, -0.05) is 18.3 Å². The number of carbonyl (C=O) groups excluding carboxylic acids is 2. The molecular formula is C14H18O7S3. The number of carbonyl (C=O) groups is 2. The second-order valence-electron chi connectivity index (χ2n) is 5.88. The van der Waals surface area contributed by atoms with Crippen LogP contribution in [0.25, 0.3) is 0 Å². The Kier molecular flexibility index (Phi) is 5.31. The van der Waals surface area contributed by atoms with Gasteiger partial charge in [-0.2, -0.15) is 8.42 Å². The zero-order chi connectivity index (χ0) is 17.5. The zero-order valence-corrected chi connectivity index (χ0v) is 15.5. The van der Waals surface area contributed by atoms with Crippen molar-refractivity contribution in [1.29, 1.82) is 0 Å². The van der Waals surface area contributed by atoms with E-state index in [4.69, 9.17) is 13.7 Å². The highest BCUT2D eigenvalue weighted by molar-refractivity contribution is 8.14. The molecule has 5 unspecified atom stereocenters. The molecule has 0 aromatic carbocycles. The fourth-order valence-electron chi connectivity index (χ4n) is 3.05. The van der Waals surface area contributed by atoms with Crippen LogP contribution in [0.4, 0.5) is 0 Å². The third-order valence-corrected chi connectivity index (χ3v) is 8.71. The Morgan fingerprint density at radius 2 is 2.17 bits per heavy atom. The van der Waals surface area contributed by atoms with Gasteiger partial charge in [-0.15, -0.1) is 11.8 Å². The van der Waals surface area contributed by atoms with E-state index in [-0.39, 0.29) is 28.8 Å². The molecule has 10 heteroatoms. The van der Waals surface area contributed by atoms with Crippen molar-refractivity contribution in [2.45, 2.75) is 41.3 Å². The molecule has 0 amide bonds. The highest BCUT2D eigenvalue weighted by Gasteiger charge is 2.65. The van der Waals surface area contributed by atoms with Gasteiger partial charge >= 0.3 is 5.97 Å². The first-order chi connectivity index (χ1) is 11.3. The average Bonchev–Trinajstić information content (AvgIpc) is 3.11. The molecule has 5 atom stereocenters. The highest BCUT2D eigenvalue weighted by atomic mass is 32.2. The summed E-state index contributed by atoms with van der Waals surface area (Å²) >= 11 is 2.61. The van der Waals surface area contributed by atoms with Gasteiger partial charge in [-0.05, 0) is 18.9 Å². The molecule has 3 aliphatic rings. The summed E-state index contributed by atoms with van der Waals surface area (Å²) in [6.07, 6.45) is -0.395. The van der Waals surface area contributed by atoms with Crippen LogP contribution in [0.5, 0.6) is 0 Å². The Hall–Kier alpha value is -0.550. The van der Waals surface area contributed by atoms with Gasteiger partial charge in [0, 0.05) is 11.0 Å². The molecule has 3 rings (SSSR count). The van der Waals surface area contributed by atoms with Crippen LogP contribution in [0.3, 0.4) is 0 Å². The Labute approximate surface area is 149 Å². The smallest absolute Gasteiger partial charge is 0.332 e. The number of esters is 1. The van der Waals surface area contributed by atoms with Crippen molar-refractivity contribution >= 4 is 44.7 Å². The van der Waals surface area contributed by atoms with Gasteiger partial charge in [-0.25, -0.2) is 4.79 Å². The highest BCUT2D eigenvalue weighted by Crippen LogP contribution is 2.55.